The van der Waals surface area contributed by atoms with Gasteiger partial charge in [0.1, 0.15) is 0 Å². The Kier molecular flexibility index (Phi) is 5.71. The van der Waals surface area contributed by atoms with Crippen LogP contribution in [0.1, 0.15) is 57.9 Å². The average molecular weight is 260 g/mol. The van der Waals surface area contributed by atoms with Crippen molar-refractivity contribution >= 4 is 5.69 Å². The largest absolute Gasteiger partial charge is 0.382 e. The number of rotatable bonds is 5. The molecule has 0 aliphatic heterocycles. The fourth-order valence-corrected chi connectivity index (χ4v) is 2.75. The molecule has 0 aromatic heterocycles. The van der Waals surface area contributed by atoms with Gasteiger partial charge in [0.25, 0.3) is 0 Å². The molecule has 19 heavy (non-hydrogen) atoms. The average Bonchev–Trinajstić information content (AvgIpc) is 2.65. The minimum Gasteiger partial charge on any atom is -0.382 e. The minimum absolute atomic E-state index is 0.540. The van der Waals surface area contributed by atoms with Crippen molar-refractivity contribution in [3.8, 4) is 0 Å². The number of hydrogen-bond donors (Lipinski definition) is 2. The van der Waals surface area contributed by atoms with Crippen LogP contribution in [0.15, 0.2) is 24.3 Å². The first-order valence-electron chi connectivity index (χ1n) is 7.83. The van der Waals surface area contributed by atoms with Gasteiger partial charge in [-0.3, -0.25) is 0 Å². The molecule has 0 spiro atoms. The third kappa shape index (κ3) is 5.23. The van der Waals surface area contributed by atoms with E-state index < -0.39 is 0 Å². The molecule has 0 atom stereocenters. The van der Waals surface area contributed by atoms with Crippen molar-refractivity contribution < 1.29 is 0 Å². The van der Waals surface area contributed by atoms with Crippen LogP contribution in [0.25, 0.3) is 0 Å². The first-order valence-corrected chi connectivity index (χ1v) is 7.83. The Morgan fingerprint density at radius 3 is 2.53 bits per heavy atom. The zero-order valence-electron chi connectivity index (χ0n) is 12.4. The maximum atomic E-state index is 3.72. The van der Waals surface area contributed by atoms with E-state index >= 15 is 0 Å². The summed E-state index contributed by atoms with van der Waals surface area (Å²) >= 11 is 0. The molecule has 0 saturated heterocycles. The predicted molar refractivity (Wildman–Crippen MR) is 83.5 cm³/mol. The maximum absolute atomic E-state index is 3.72. The third-order valence-corrected chi connectivity index (χ3v) is 3.87. The quantitative estimate of drug-likeness (QED) is 0.770. The first kappa shape index (κ1) is 14.4. The SMILES string of the molecule is CC(C)NCc1cccc(NC2CCCCCC2)c1. The Morgan fingerprint density at radius 1 is 1.11 bits per heavy atom. The lowest BCUT2D eigenvalue weighted by Crippen LogP contribution is -2.22. The molecule has 2 rings (SSSR count). The summed E-state index contributed by atoms with van der Waals surface area (Å²) in [6.45, 7) is 5.33. The normalized spacial score (nSPS) is 17.4. The topological polar surface area (TPSA) is 24.1 Å². The van der Waals surface area contributed by atoms with Gasteiger partial charge in [-0.1, -0.05) is 51.7 Å². The van der Waals surface area contributed by atoms with E-state index in [4.69, 9.17) is 0 Å². The number of anilines is 1. The molecular weight excluding hydrogens is 232 g/mol. The van der Waals surface area contributed by atoms with Gasteiger partial charge < -0.3 is 10.6 Å². The van der Waals surface area contributed by atoms with E-state index in [9.17, 15) is 0 Å². The van der Waals surface area contributed by atoms with Crippen molar-refractivity contribution in [3.63, 3.8) is 0 Å². The second-order valence-electron chi connectivity index (χ2n) is 6.07. The molecule has 2 nitrogen and oxygen atoms in total. The zero-order chi connectivity index (χ0) is 13.5. The summed E-state index contributed by atoms with van der Waals surface area (Å²) < 4.78 is 0. The van der Waals surface area contributed by atoms with Gasteiger partial charge in [-0.15, -0.1) is 0 Å². The lowest BCUT2D eigenvalue weighted by molar-refractivity contribution is 0.588. The highest BCUT2D eigenvalue weighted by atomic mass is 14.9. The summed E-state index contributed by atoms with van der Waals surface area (Å²) in [5.74, 6) is 0. The molecule has 0 heterocycles. The Morgan fingerprint density at radius 2 is 1.84 bits per heavy atom. The number of benzene rings is 1. The van der Waals surface area contributed by atoms with Gasteiger partial charge in [0.15, 0.2) is 0 Å². The highest BCUT2D eigenvalue weighted by molar-refractivity contribution is 5.46. The molecule has 1 aromatic carbocycles. The van der Waals surface area contributed by atoms with Gasteiger partial charge in [-0.25, -0.2) is 0 Å². The standard InChI is InChI=1S/C17H28N2/c1-14(2)18-13-15-8-7-11-17(12-15)19-16-9-5-3-4-6-10-16/h7-8,11-12,14,16,18-19H,3-6,9-10,13H2,1-2H3. The van der Waals surface area contributed by atoms with Crippen LogP contribution < -0.4 is 10.6 Å². The summed E-state index contributed by atoms with van der Waals surface area (Å²) in [6, 6.07) is 10.1. The third-order valence-electron chi connectivity index (χ3n) is 3.87. The summed E-state index contributed by atoms with van der Waals surface area (Å²) in [7, 11) is 0. The van der Waals surface area contributed by atoms with E-state index in [1.54, 1.807) is 0 Å². The Labute approximate surface area is 118 Å². The Balaban J connectivity index is 1.90. The van der Waals surface area contributed by atoms with Gasteiger partial charge in [0.2, 0.25) is 0 Å². The molecule has 0 bridgehead atoms. The zero-order valence-corrected chi connectivity index (χ0v) is 12.4. The fourth-order valence-electron chi connectivity index (χ4n) is 2.75. The summed E-state index contributed by atoms with van der Waals surface area (Å²) in [4.78, 5) is 0. The van der Waals surface area contributed by atoms with Crippen LogP contribution in [0.5, 0.6) is 0 Å². The second-order valence-corrected chi connectivity index (χ2v) is 6.07. The Hall–Kier alpha value is -1.02. The molecule has 1 fully saturated rings. The van der Waals surface area contributed by atoms with Crippen LogP contribution in [0.4, 0.5) is 5.69 Å². The highest BCUT2D eigenvalue weighted by Crippen LogP contribution is 2.21. The molecule has 0 unspecified atom stereocenters. The highest BCUT2D eigenvalue weighted by Gasteiger charge is 2.11. The van der Waals surface area contributed by atoms with E-state index in [1.807, 2.05) is 0 Å². The molecule has 0 radical (unpaired) electrons. The molecule has 2 heteroatoms. The van der Waals surface area contributed by atoms with Crippen LogP contribution >= 0.6 is 0 Å². The molecule has 1 aliphatic carbocycles. The van der Waals surface area contributed by atoms with Crippen molar-refractivity contribution in [3.05, 3.63) is 29.8 Å². The summed E-state index contributed by atoms with van der Waals surface area (Å²) in [6.07, 6.45) is 8.24. The van der Waals surface area contributed by atoms with Crippen LogP contribution in [0, 0.1) is 0 Å². The molecule has 0 amide bonds. The van der Waals surface area contributed by atoms with E-state index in [0.29, 0.717) is 12.1 Å². The van der Waals surface area contributed by atoms with Gasteiger partial charge in [-0.2, -0.15) is 0 Å². The minimum atomic E-state index is 0.540. The van der Waals surface area contributed by atoms with Crippen molar-refractivity contribution in [2.75, 3.05) is 5.32 Å². The van der Waals surface area contributed by atoms with Crippen molar-refractivity contribution in [2.45, 2.75) is 71.0 Å². The van der Waals surface area contributed by atoms with Crippen molar-refractivity contribution in [1.29, 1.82) is 0 Å². The maximum Gasteiger partial charge on any atom is 0.0345 e. The molecule has 1 aliphatic rings. The summed E-state index contributed by atoms with van der Waals surface area (Å²) in [5, 5.41) is 7.20. The molecule has 106 valence electrons. The first-order chi connectivity index (χ1) is 9.24. The van der Waals surface area contributed by atoms with E-state index in [1.165, 1.54) is 49.8 Å². The number of nitrogens with one attached hydrogen (secondary N) is 2. The van der Waals surface area contributed by atoms with Gasteiger partial charge in [0, 0.05) is 24.3 Å². The summed E-state index contributed by atoms with van der Waals surface area (Å²) in [5.41, 5.74) is 2.65. The fraction of sp³-hybridized carbons (Fsp3) is 0.647. The second kappa shape index (κ2) is 7.54. The van der Waals surface area contributed by atoms with Gasteiger partial charge in [0.05, 0.1) is 0 Å². The van der Waals surface area contributed by atoms with Gasteiger partial charge >= 0.3 is 0 Å². The van der Waals surface area contributed by atoms with E-state index in [0.717, 1.165) is 6.54 Å². The van der Waals surface area contributed by atoms with E-state index in [2.05, 4.69) is 48.7 Å². The lowest BCUT2D eigenvalue weighted by Gasteiger charge is -2.18. The van der Waals surface area contributed by atoms with Gasteiger partial charge in [-0.05, 0) is 30.5 Å². The van der Waals surface area contributed by atoms with Crippen LogP contribution in [0.3, 0.4) is 0 Å². The monoisotopic (exact) mass is 260 g/mol. The molecular formula is C17H28N2. The van der Waals surface area contributed by atoms with Crippen LogP contribution in [-0.4, -0.2) is 12.1 Å². The van der Waals surface area contributed by atoms with Crippen LogP contribution in [-0.2, 0) is 6.54 Å². The van der Waals surface area contributed by atoms with Crippen molar-refractivity contribution in [1.82, 2.24) is 5.32 Å². The lowest BCUT2D eigenvalue weighted by atomic mass is 10.1. The predicted octanol–water partition coefficient (Wildman–Crippen LogP) is 4.32. The van der Waals surface area contributed by atoms with Crippen LogP contribution in [0.2, 0.25) is 0 Å². The molecule has 1 aromatic rings. The smallest absolute Gasteiger partial charge is 0.0345 e. The Bertz CT molecular complexity index is 365. The molecule has 1 saturated carbocycles. The molecule has 2 N–H and O–H groups in total. The number of hydrogen-bond acceptors (Lipinski definition) is 2. The van der Waals surface area contributed by atoms with E-state index in [-0.39, 0.29) is 0 Å². The van der Waals surface area contributed by atoms with Crippen molar-refractivity contribution in [2.24, 2.45) is 0 Å².